The maximum atomic E-state index is 9.67. The first kappa shape index (κ1) is 20.4. The molecular formula is C23H26N4O2S. The van der Waals surface area contributed by atoms with Crippen molar-refractivity contribution in [2.45, 2.75) is 25.9 Å². The van der Waals surface area contributed by atoms with Crippen LogP contribution < -0.4 is 10.1 Å². The van der Waals surface area contributed by atoms with Gasteiger partial charge in [-0.15, -0.1) is 0 Å². The van der Waals surface area contributed by atoms with Crippen LogP contribution in [0.4, 0.5) is 0 Å². The van der Waals surface area contributed by atoms with E-state index in [2.05, 4.69) is 45.7 Å². The first-order chi connectivity index (χ1) is 14.5. The molecule has 0 bridgehead atoms. The fourth-order valence-corrected chi connectivity index (χ4v) is 4.66. The molecule has 2 atom stereocenters. The van der Waals surface area contributed by atoms with Crippen molar-refractivity contribution in [1.29, 1.82) is 0 Å². The minimum Gasteiger partial charge on any atom is -0.497 e. The van der Waals surface area contributed by atoms with E-state index < -0.39 is 0 Å². The van der Waals surface area contributed by atoms with Crippen molar-refractivity contribution in [3.63, 3.8) is 0 Å². The molecule has 1 aliphatic rings. The van der Waals surface area contributed by atoms with Gasteiger partial charge in [-0.3, -0.25) is 4.98 Å². The lowest BCUT2D eigenvalue weighted by Gasteiger charge is -2.27. The summed E-state index contributed by atoms with van der Waals surface area (Å²) in [5.74, 6) is 0.818. The minimum absolute atomic E-state index is 0.0296. The van der Waals surface area contributed by atoms with E-state index in [1.165, 1.54) is 0 Å². The molecule has 1 aliphatic heterocycles. The number of aromatic nitrogens is 2. The van der Waals surface area contributed by atoms with Gasteiger partial charge in [0.2, 0.25) is 0 Å². The number of benzene rings is 1. The molecule has 2 unspecified atom stereocenters. The largest absolute Gasteiger partial charge is 0.497 e. The molecule has 6 nitrogen and oxygen atoms in total. The van der Waals surface area contributed by atoms with Crippen molar-refractivity contribution in [2.24, 2.45) is 0 Å². The predicted octanol–water partition coefficient (Wildman–Crippen LogP) is 3.46. The van der Waals surface area contributed by atoms with Crippen molar-refractivity contribution >= 4 is 17.3 Å². The van der Waals surface area contributed by atoms with Crippen LogP contribution >= 0.6 is 12.2 Å². The Morgan fingerprint density at radius 2 is 2.00 bits per heavy atom. The highest BCUT2D eigenvalue weighted by Gasteiger charge is 2.41. The zero-order chi connectivity index (χ0) is 21.3. The number of aryl methyl sites for hydroxylation is 1. The van der Waals surface area contributed by atoms with Crippen molar-refractivity contribution in [3.8, 4) is 11.4 Å². The lowest BCUT2D eigenvalue weighted by Crippen LogP contribution is -2.32. The summed E-state index contributed by atoms with van der Waals surface area (Å²) in [4.78, 5) is 6.63. The van der Waals surface area contributed by atoms with E-state index >= 15 is 0 Å². The Morgan fingerprint density at radius 3 is 2.70 bits per heavy atom. The number of aliphatic hydroxyl groups excluding tert-OH is 1. The van der Waals surface area contributed by atoms with Gasteiger partial charge in [-0.2, -0.15) is 0 Å². The van der Waals surface area contributed by atoms with Crippen LogP contribution in [-0.2, 0) is 0 Å². The Morgan fingerprint density at radius 1 is 1.17 bits per heavy atom. The standard InChI is InChI=1S/C23H26N4O2S/c1-15-13-19(16(2)27(15)17-7-6-8-18(14-17)29-3)22-21(20-9-4-5-10-24-20)25-23(30)26(22)11-12-28/h4-10,13-14,21-22,28H,11-12H2,1-3H3,(H,25,30). The van der Waals surface area contributed by atoms with Gasteiger partial charge in [-0.05, 0) is 62.0 Å². The number of hydrogen-bond donors (Lipinski definition) is 2. The number of nitrogens with zero attached hydrogens (tertiary/aromatic N) is 3. The highest BCUT2D eigenvalue weighted by molar-refractivity contribution is 7.80. The van der Waals surface area contributed by atoms with Crippen LogP contribution in [0.5, 0.6) is 5.75 Å². The van der Waals surface area contributed by atoms with Gasteiger partial charge in [0.15, 0.2) is 5.11 Å². The van der Waals surface area contributed by atoms with E-state index in [1.54, 1.807) is 13.3 Å². The molecule has 7 heteroatoms. The molecule has 1 saturated heterocycles. The molecule has 3 aromatic rings. The zero-order valence-corrected chi connectivity index (χ0v) is 18.2. The quantitative estimate of drug-likeness (QED) is 0.593. The van der Waals surface area contributed by atoms with E-state index in [0.717, 1.165) is 34.1 Å². The van der Waals surface area contributed by atoms with Crippen LogP contribution in [-0.4, -0.2) is 44.9 Å². The molecule has 0 spiro atoms. The number of β-amino-alcohol motifs (C(OH)–C–C–N with tert-alkyl or cyclic N) is 1. The van der Waals surface area contributed by atoms with Gasteiger partial charge in [0, 0.05) is 35.9 Å². The van der Waals surface area contributed by atoms with Crippen LogP contribution in [0.25, 0.3) is 5.69 Å². The molecule has 1 fully saturated rings. The fraction of sp³-hybridized carbons (Fsp3) is 0.304. The molecule has 0 aliphatic carbocycles. The summed E-state index contributed by atoms with van der Waals surface area (Å²) in [5, 5.41) is 13.7. The van der Waals surface area contributed by atoms with E-state index in [0.29, 0.717) is 11.7 Å². The Hall–Kier alpha value is -2.90. The maximum Gasteiger partial charge on any atom is 0.170 e. The number of thiocarbonyl (C=S) groups is 1. The van der Waals surface area contributed by atoms with Crippen molar-refractivity contribution in [1.82, 2.24) is 19.8 Å². The van der Waals surface area contributed by atoms with Crippen LogP contribution in [0.1, 0.15) is 34.7 Å². The highest BCUT2D eigenvalue weighted by atomic mass is 32.1. The van der Waals surface area contributed by atoms with Crippen LogP contribution in [0.15, 0.2) is 54.7 Å². The summed E-state index contributed by atoms with van der Waals surface area (Å²) in [6.07, 6.45) is 1.80. The van der Waals surface area contributed by atoms with E-state index in [-0.39, 0.29) is 18.7 Å². The molecule has 2 aromatic heterocycles. The third-order valence-corrected chi connectivity index (χ3v) is 5.99. The molecule has 0 saturated carbocycles. The van der Waals surface area contributed by atoms with Gasteiger partial charge in [-0.25, -0.2) is 0 Å². The summed E-state index contributed by atoms with van der Waals surface area (Å²) < 4.78 is 7.64. The molecule has 0 amide bonds. The molecule has 156 valence electrons. The highest BCUT2D eigenvalue weighted by Crippen LogP contribution is 2.41. The Labute approximate surface area is 182 Å². The summed E-state index contributed by atoms with van der Waals surface area (Å²) in [6, 6.07) is 16.0. The summed E-state index contributed by atoms with van der Waals surface area (Å²) in [6.45, 7) is 4.71. The number of rotatable bonds is 6. The normalized spacial score (nSPS) is 18.5. The van der Waals surface area contributed by atoms with Gasteiger partial charge in [-0.1, -0.05) is 12.1 Å². The van der Waals surface area contributed by atoms with Crippen molar-refractivity contribution in [3.05, 3.63) is 77.4 Å². The van der Waals surface area contributed by atoms with Gasteiger partial charge >= 0.3 is 0 Å². The topological polar surface area (TPSA) is 62.5 Å². The van der Waals surface area contributed by atoms with Crippen molar-refractivity contribution in [2.75, 3.05) is 20.3 Å². The third kappa shape index (κ3) is 3.55. The van der Waals surface area contributed by atoms with Crippen LogP contribution in [0, 0.1) is 13.8 Å². The molecule has 3 heterocycles. The molecule has 1 aromatic carbocycles. The number of hydrogen-bond acceptors (Lipinski definition) is 4. The van der Waals surface area contributed by atoms with Crippen molar-refractivity contribution < 1.29 is 9.84 Å². The van der Waals surface area contributed by atoms with Crippen LogP contribution in [0.3, 0.4) is 0 Å². The average molecular weight is 423 g/mol. The zero-order valence-electron chi connectivity index (χ0n) is 17.4. The fourth-order valence-electron chi connectivity index (χ4n) is 4.33. The molecule has 4 rings (SSSR count). The summed E-state index contributed by atoms with van der Waals surface area (Å²) in [5.41, 5.74) is 5.38. The second-order valence-electron chi connectivity index (χ2n) is 7.41. The second kappa shape index (κ2) is 8.45. The first-order valence-electron chi connectivity index (χ1n) is 9.97. The molecular weight excluding hydrogens is 396 g/mol. The van der Waals surface area contributed by atoms with E-state index in [9.17, 15) is 5.11 Å². The van der Waals surface area contributed by atoms with Gasteiger partial charge in [0.05, 0.1) is 31.5 Å². The van der Waals surface area contributed by atoms with E-state index in [4.69, 9.17) is 17.0 Å². The SMILES string of the molecule is COc1cccc(-n2c(C)cc(C3C(c4ccccn4)NC(=S)N3CCO)c2C)c1. The van der Waals surface area contributed by atoms with Crippen LogP contribution in [0.2, 0.25) is 0 Å². The Kier molecular flexibility index (Phi) is 5.74. The Bertz CT molecular complexity index is 1050. The number of ether oxygens (including phenoxy) is 1. The predicted molar refractivity (Wildman–Crippen MR) is 121 cm³/mol. The lowest BCUT2D eigenvalue weighted by molar-refractivity contribution is 0.223. The molecule has 2 N–H and O–H groups in total. The van der Waals surface area contributed by atoms with Gasteiger partial charge < -0.3 is 24.6 Å². The monoisotopic (exact) mass is 422 g/mol. The first-order valence-corrected chi connectivity index (χ1v) is 10.4. The number of aliphatic hydroxyl groups is 1. The summed E-state index contributed by atoms with van der Waals surface area (Å²) >= 11 is 5.62. The lowest BCUT2D eigenvalue weighted by atomic mass is 9.97. The number of methoxy groups -OCH3 is 1. The number of pyridine rings is 1. The van der Waals surface area contributed by atoms with Gasteiger partial charge in [0.25, 0.3) is 0 Å². The minimum atomic E-state index is -0.0930. The van der Waals surface area contributed by atoms with Gasteiger partial charge in [0.1, 0.15) is 5.75 Å². The average Bonchev–Trinajstić information content (AvgIpc) is 3.24. The second-order valence-corrected chi connectivity index (χ2v) is 7.79. The molecule has 30 heavy (non-hydrogen) atoms. The maximum absolute atomic E-state index is 9.67. The smallest absolute Gasteiger partial charge is 0.170 e. The van der Waals surface area contributed by atoms with E-state index in [1.807, 2.05) is 36.4 Å². The number of nitrogens with one attached hydrogen (secondary N) is 1. The molecule has 0 radical (unpaired) electrons. The Balaban J connectivity index is 1.83. The summed E-state index contributed by atoms with van der Waals surface area (Å²) in [7, 11) is 1.68. The third-order valence-electron chi connectivity index (χ3n) is 5.64.